The first-order valence-corrected chi connectivity index (χ1v) is 9.55. The third-order valence-corrected chi connectivity index (χ3v) is 6.50. The minimum Gasteiger partial charge on any atom is -0.394 e. The zero-order chi connectivity index (χ0) is 17.4. The highest BCUT2D eigenvalue weighted by Crippen LogP contribution is 2.51. The summed E-state index contributed by atoms with van der Waals surface area (Å²) in [5, 5.41) is 19.2. The largest absolute Gasteiger partial charge is 0.394 e. The summed E-state index contributed by atoms with van der Waals surface area (Å²) in [5.74, 6) is 0.0341. The lowest BCUT2D eigenvalue weighted by molar-refractivity contribution is -0.211. The zero-order valence-corrected chi connectivity index (χ0v) is 14.7. The van der Waals surface area contributed by atoms with Crippen molar-refractivity contribution in [2.75, 3.05) is 26.3 Å². The Morgan fingerprint density at radius 2 is 2.20 bits per heavy atom. The molecule has 2 aromatic rings. The molecule has 1 aliphatic carbocycles. The van der Waals surface area contributed by atoms with Gasteiger partial charge in [0.25, 0.3) is 5.91 Å². The molecule has 0 bridgehead atoms. The van der Waals surface area contributed by atoms with E-state index in [-0.39, 0.29) is 30.1 Å². The van der Waals surface area contributed by atoms with E-state index in [0.717, 1.165) is 23.1 Å². The highest BCUT2D eigenvalue weighted by molar-refractivity contribution is 7.16. The van der Waals surface area contributed by atoms with Crippen molar-refractivity contribution >= 4 is 27.5 Å². The smallest absolute Gasteiger partial charge is 0.253 e. The van der Waals surface area contributed by atoms with Gasteiger partial charge in [-0.3, -0.25) is 4.79 Å². The molecule has 7 heteroatoms. The van der Waals surface area contributed by atoms with Crippen LogP contribution in [-0.2, 0) is 4.74 Å². The van der Waals surface area contributed by atoms with Gasteiger partial charge in [0.2, 0.25) is 0 Å². The molecule has 1 saturated heterocycles. The lowest BCUT2D eigenvalue weighted by atomic mass is 9.58. The predicted molar refractivity (Wildman–Crippen MR) is 94.6 cm³/mol. The van der Waals surface area contributed by atoms with Gasteiger partial charge in [-0.25, -0.2) is 4.98 Å². The molecule has 1 spiro atoms. The van der Waals surface area contributed by atoms with Crippen LogP contribution in [-0.4, -0.2) is 64.5 Å². The number of carbonyl (C=O) groups excluding carboxylic acids is 1. The van der Waals surface area contributed by atoms with Gasteiger partial charge in [0, 0.05) is 30.5 Å². The van der Waals surface area contributed by atoms with Crippen LogP contribution in [0.25, 0.3) is 10.2 Å². The van der Waals surface area contributed by atoms with E-state index < -0.39 is 0 Å². The van der Waals surface area contributed by atoms with Gasteiger partial charge in [0.1, 0.15) is 0 Å². The topological polar surface area (TPSA) is 82.9 Å². The summed E-state index contributed by atoms with van der Waals surface area (Å²) in [6.45, 7) is 1.54. The molecule has 0 radical (unpaired) electrons. The Kier molecular flexibility index (Phi) is 4.49. The second-order valence-electron chi connectivity index (χ2n) is 6.89. The van der Waals surface area contributed by atoms with Crippen LogP contribution in [0.3, 0.4) is 0 Å². The summed E-state index contributed by atoms with van der Waals surface area (Å²) in [5.41, 5.74) is 3.14. The maximum absolute atomic E-state index is 12.8. The van der Waals surface area contributed by atoms with Gasteiger partial charge in [-0.1, -0.05) is 0 Å². The Morgan fingerprint density at radius 1 is 1.40 bits per heavy atom. The monoisotopic (exact) mass is 362 g/mol. The number of fused-ring (bicyclic) bond motifs is 1. The Hall–Kier alpha value is -1.54. The molecule has 2 N–H and O–H groups in total. The molecule has 6 nitrogen and oxygen atoms in total. The van der Waals surface area contributed by atoms with Gasteiger partial charge in [-0.15, -0.1) is 11.3 Å². The number of thiazole rings is 1. The molecule has 2 atom stereocenters. The van der Waals surface area contributed by atoms with Crippen molar-refractivity contribution in [1.29, 1.82) is 0 Å². The standard InChI is InChI=1S/C18H22N2O4S/c21-7-8-24-16-10-15(22)18(16)3-5-20(6-4-18)17(23)12-1-2-13-14(9-12)25-11-19-13/h1-2,9,11,15-16,21-22H,3-8,10H2. The number of hydrogen-bond donors (Lipinski definition) is 2. The van der Waals surface area contributed by atoms with Crippen LogP contribution >= 0.6 is 11.3 Å². The van der Waals surface area contributed by atoms with E-state index in [4.69, 9.17) is 9.84 Å². The average molecular weight is 362 g/mol. The third kappa shape index (κ3) is 2.85. The Balaban J connectivity index is 1.43. The molecular weight excluding hydrogens is 340 g/mol. The number of amides is 1. The minimum atomic E-state index is -0.373. The first-order chi connectivity index (χ1) is 12.1. The van der Waals surface area contributed by atoms with Gasteiger partial charge in [0.15, 0.2) is 0 Å². The lowest BCUT2D eigenvalue weighted by Crippen LogP contribution is -2.62. The van der Waals surface area contributed by atoms with Crippen LogP contribution in [0.1, 0.15) is 29.6 Å². The summed E-state index contributed by atoms with van der Waals surface area (Å²) < 4.78 is 6.71. The number of carbonyl (C=O) groups is 1. The molecule has 25 heavy (non-hydrogen) atoms. The number of aliphatic hydroxyl groups is 2. The molecule has 1 amide bonds. The van der Waals surface area contributed by atoms with Crippen LogP contribution in [0.5, 0.6) is 0 Å². The van der Waals surface area contributed by atoms with Gasteiger partial charge in [0.05, 0.1) is 41.1 Å². The van der Waals surface area contributed by atoms with E-state index in [1.54, 1.807) is 5.51 Å². The van der Waals surface area contributed by atoms with Crippen molar-refractivity contribution in [3.8, 4) is 0 Å². The number of aromatic nitrogens is 1. The summed E-state index contributed by atoms with van der Waals surface area (Å²) in [4.78, 5) is 18.9. The molecular formula is C18H22N2O4S. The molecule has 1 aliphatic heterocycles. The van der Waals surface area contributed by atoms with E-state index in [2.05, 4.69) is 4.98 Å². The molecule has 1 saturated carbocycles. The lowest BCUT2D eigenvalue weighted by Gasteiger charge is -2.56. The van der Waals surface area contributed by atoms with Gasteiger partial charge in [-0.05, 0) is 31.0 Å². The Bertz CT molecular complexity index is 769. The fourth-order valence-corrected chi connectivity index (χ4v) is 4.82. The van der Waals surface area contributed by atoms with Crippen molar-refractivity contribution < 1.29 is 19.7 Å². The van der Waals surface area contributed by atoms with Crippen LogP contribution in [0, 0.1) is 5.41 Å². The number of benzene rings is 1. The minimum absolute atomic E-state index is 0.00661. The van der Waals surface area contributed by atoms with E-state index in [0.29, 0.717) is 31.7 Å². The number of aliphatic hydroxyl groups excluding tert-OH is 2. The third-order valence-electron chi connectivity index (χ3n) is 5.71. The highest BCUT2D eigenvalue weighted by atomic mass is 32.1. The second-order valence-corrected chi connectivity index (χ2v) is 7.78. The van der Waals surface area contributed by atoms with E-state index in [9.17, 15) is 9.90 Å². The van der Waals surface area contributed by atoms with Gasteiger partial charge >= 0.3 is 0 Å². The SMILES string of the molecule is O=C(c1ccc2ncsc2c1)N1CCC2(CC1)C(O)CC2OCCO. The quantitative estimate of drug-likeness (QED) is 0.864. The van der Waals surface area contributed by atoms with Gasteiger partial charge in [-0.2, -0.15) is 0 Å². The van der Waals surface area contributed by atoms with Crippen molar-refractivity contribution in [1.82, 2.24) is 9.88 Å². The van der Waals surface area contributed by atoms with Crippen LogP contribution in [0.4, 0.5) is 0 Å². The molecule has 2 heterocycles. The zero-order valence-electron chi connectivity index (χ0n) is 13.9. The Labute approximate surface area is 150 Å². The number of ether oxygens (including phenoxy) is 1. The molecule has 1 aromatic carbocycles. The number of likely N-dealkylation sites (tertiary alicyclic amines) is 1. The van der Waals surface area contributed by atoms with Crippen LogP contribution < -0.4 is 0 Å². The van der Waals surface area contributed by atoms with E-state index >= 15 is 0 Å². The van der Waals surface area contributed by atoms with Crippen LogP contribution in [0.15, 0.2) is 23.7 Å². The molecule has 2 fully saturated rings. The number of nitrogens with zero attached hydrogens (tertiary/aromatic N) is 2. The van der Waals surface area contributed by atoms with Crippen molar-refractivity contribution in [2.45, 2.75) is 31.5 Å². The summed E-state index contributed by atoms with van der Waals surface area (Å²) in [7, 11) is 0. The fraction of sp³-hybridized carbons (Fsp3) is 0.556. The molecule has 134 valence electrons. The van der Waals surface area contributed by atoms with Gasteiger partial charge < -0.3 is 19.8 Å². The van der Waals surface area contributed by atoms with Crippen molar-refractivity contribution in [3.63, 3.8) is 0 Å². The molecule has 1 aromatic heterocycles. The Morgan fingerprint density at radius 3 is 2.92 bits per heavy atom. The maximum atomic E-state index is 12.8. The molecule has 2 aliphatic rings. The fourth-order valence-electron chi connectivity index (χ4n) is 4.11. The summed E-state index contributed by atoms with van der Waals surface area (Å²) in [6.07, 6.45) is 1.70. The highest BCUT2D eigenvalue weighted by Gasteiger charge is 2.56. The predicted octanol–water partition coefficient (Wildman–Crippen LogP) is 1.66. The number of rotatable bonds is 4. The first kappa shape index (κ1) is 16.9. The molecule has 2 unspecified atom stereocenters. The van der Waals surface area contributed by atoms with Crippen LogP contribution in [0.2, 0.25) is 0 Å². The first-order valence-electron chi connectivity index (χ1n) is 8.67. The maximum Gasteiger partial charge on any atom is 0.253 e. The summed E-state index contributed by atoms with van der Waals surface area (Å²) >= 11 is 1.53. The van der Waals surface area contributed by atoms with E-state index in [1.165, 1.54) is 11.3 Å². The summed E-state index contributed by atoms with van der Waals surface area (Å²) in [6, 6.07) is 5.63. The molecule has 4 rings (SSSR count). The normalized spacial score (nSPS) is 25.3. The van der Waals surface area contributed by atoms with E-state index in [1.807, 2.05) is 23.1 Å². The van der Waals surface area contributed by atoms with Crippen molar-refractivity contribution in [3.05, 3.63) is 29.3 Å². The number of piperidine rings is 1. The number of hydrogen-bond acceptors (Lipinski definition) is 6. The average Bonchev–Trinajstić information content (AvgIpc) is 3.12. The second kappa shape index (κ2) is 6.64. The van der Waals surface area contributed by atoms with Crippen molar-refractivity contribution in [2.24, 2.45) is 5.41 Å².